The molecule has 2 heterocycles. The van der Waals surface area contributed by atoms with E-state index in [4.69, 9.17) is 9.72 Å². The molecule has 5 heteroatoms. The van der Waals surface area contributed by atoms with Crippen molar-refractivity contribution >= 4 is 28.2 Å². The first-order valence-electron chi connectivity index (χ1n) is 11.8. The molecule has 4 aromatic carbocycles. The minimum Gasteiger partial charge on any atom is -0.457 e. The van der Waals surface area contributed by atoms with Crippen LogP contribution in [0.15, 0.2) is 121 Å². The summed E-state index contributed by atoms with van der Waals surface area (Å²) in [5, 5.41) is 7.22. The van der Waals surface area contributed by atoms with Crippen LogP contribution in [0, 0.1) is 0 Å². The molecule has 0 fully saturated rings. The third-order valence-corrected chi connectivity index (χ3v) is 6.18. The summed E-state index contributed by atoms with van der Waals surface area (Å²) in [7, 11) is 0. The lowest BCUT2D eigenvalue weighted by Gasteiger charge is -2.31. The molecule has 5 nitrogen and oxygen atoms in total. The third kappa shape index (κ3) is 4.30. The molecule has 1 atom stereocenters. The molecule has 0 bridgehead atoms. The van der Waals surface area contributed by atoms with Gasteiger partial charge in [-0.1, -0.05) is 84.9 Å². The molecule has 1 aliphatic rings. The van der Waals surface area contributed by atoms with E-state index in [1.165, 1.54) is 0 Å². The second-order valence-corrected chi connectivity index (χ2v) is 8.56. The third-order valence-electron chi connectivity index (χ3n) is 6.18. The Kier molecular flexibility index (Phi) is 5.64. The van der Waals surface area contributed by atoms with Crippen molar-refractivity contribution in [2.75, 3.05) is 0 Å². The Hall–Kier alpha value is -4.90. The zero-order valence-corrected chi connectivity index (χ0v) is 19.4. The van der Waals surface area contributed by atoms with Gasteiger partial charge >= 0.3 is 6.03 Å². The van der Waals surface area contributed by atoms with Gasteiger partial charge in [0.15, 0.2) is 0 Å². The van der Waals surface area contributed by atoms with E-state index in [0.717, 1.165) is 44.7 Å². The van der Waals surface area contributed by atoms with Gasteiger partial charge in [-0.2, -0.15) is 0 Å². The summed E-state index contributed by atoms with van der Waals surface area (Å²) in [6, 6.07) is 38.7. The molecule has 6 rings (SSSR count). The number of hydrogen-bond donors (Lipinski definition) is 2. The van der Waals surface area contributed by atoms with Gasteiger partial charge in [-0.15, -0.1) is 0 Å². The topological polar surface area (TPSA) is 63.2 Å². The van der Waals surface area contributed by atoms with Gasteiger partial charge in [0, 0.05) is 11.0 Å². The average molecular weight is 470 g/mol. The maximum atomic E-state index is 12.9. The number of urea groups is 1. The number of nitrogens with zero attached hydrogens (tertiary/aromatic N) is 1. The zero-order valence-electron chi connectivity index (χ0n) is 19.4. The first-order chi connectivity index (χ1) is 17.7. The summed E-state index contributed by atoms with van der Waals surface area (Å²) in [5.41, 5.74) is 5.13. The Labute approximate surface area is 209 Å². The molecule has 0 aliphatic carbocycles. The minimum atomic E-state index is -0.429. The van der Waals surface area contributed by atoms with Crippen LogP contribution in [0.2, 0.25) is 0 Å². The molecule has 5 aromatic rings. The van der Waals surface area contributed by atoms with Gasteiger partial charge in [-0.3, -0.25) is 0 Å². The van der Waals surface area contributed by atoms with Crippen molar-refractivity contribution in [2.45, 2.75) is 6.04 Å². The molecule has 1 aromatic heterocycles. The number of carbonyl (C=O) groups excluding carboxylic acids is 1. The molecule has 174 valence electrons. The summed E-state index contributed by atoms with van der Waals surface area (Å²) in [4.78, 5) is 17.9. The van der Waals surface area contributed by atoms with Gasteiger partial charge in [0.2, 0.25) is 0 Å². The van der Waals surface area contributed by atoms with E-state index >= 15 is 0 Å². The van der Waals surface area contributed by atoms with Crippen molar-refractivity contribution in [1.82, 2.24) is 15.6 Å². The van der Waals surface area contributed by atoms with Crippen molar-refractivity contribution < 1.29 is 9.53 Å². The zero-order chi connectivity index (χ0) is 24.3. The van der Waals surface area contributed by atoms with Crippen molar-refractivity contribution in [3.63, 3.8) is 0 Å². The fourth-order valence-corrected chi connectivity index (χ4v) is 4.52. The summed E-state index contributed by atoms with van der Waals surface area (Å²) >= 11 is 0. The van der Waals surface area contributed by atoms with Crippen LogP contribution in [0.25, 0.3) is 22.2 Å². The standard InChI is InChI=1S/C31H23N3O2/c35-31-33-29(22-11-3-1-4-12-22)28(27-19-18-21-10-7-8-17-26(21)32-27)30(34-31)23-13-9-16-25(20-23)36-24-14-5-2-6-15-24/h1-20,30H,(H2,33,34,35)/t30-/m1/s1. The molecule has 0 saturated carbocycles. The number of rotatable bonds is 5. The van der Waals surface area contributed by atoms with Crippen LogP contribution >= 0.6 is 0 Å². The van der Waals surface area contributed by atoms with E-state index in [1.54, 1.807) is 0 Å². The molecular formula is C31H23N3O2. The van der Waals surface area contributed by atoms with E-state index < -0.39 is 6.04 Å². The molecule has 0 radical (unpaired) electrons. The highest BCUT2D eigenvalue weighted by Gasteiger charge is 2.31. The maximum absolute atomic E-state index is 12.9. The Bertz CT molecular complexity index is 1580. The van der Waals surface area contributed by atoms with E-state index in [-0.39, 0.29) is 6.03 Å². The number of amides is 2. The van der Waals surface area contributed by atoms with Crippen LogP contribution in [0.3, 0.4) is 0 Å². The lowest BCUT2D eigenvalue weighted by molar-refractivity contribution is 0.242. The number of pyridine rings is 1. The Morgan fingerprint density at radius 1 is 0.694 bits per heavy atom. The number of hydrogen-bond acceptors (Lipinski definition) is 3. The van der Waals surface area contributed by atoms with E-state index in [1.807, 2.05) is 115 Å². The van der Waals surface area contributed by atoms with Gasteiger partial charge in [-0.25, -0.2) is 9.78 Å². The van der Waals surface area contributed by atoms with Crippen LogP contribution in [0.1, 0.15) is 22.9 Å². The highest BCUT2D eigenvalue weighted by molar-refractivity contribution is 6.03. The maximum Gasteiger partial charge on any atom is 0.320 e. The summed E-state index contributed by atoms with van der Waals surface area (Å²) < 4.78 is 6.09. The van der Waals surface area contributed by atoms with Gasteiger partial charge < -0.3 is 15.4 Å². The van der Waals surface area contributed by atoms with Crippen LogP contribution < -0.4 is 15.4 Å². The number of aromatic nitrogens is 1. The molecule has 1 aliphatic heterocycles. The number of carbonyl (C=O) groups is 1. The molecule has 0 spiro atoms. The van der Waals surface area contributed by atoms with Crippen LogP contribution in [0.4, 0.5) is 4.79 Å². The molecular weight excluding hydrogens is 446 g/mol. The summed E-state index contributed by atoms with van der Waals surface area (Å²) in [5.74, 6) is 1.44. The number of para-hydroxylation sites is 2. The van der Waals surface area contributed by atoms with Crippen LogP contribution in [-0.4, -0.2) is 11.0 Å². The smallest absolute Gasteiger partial charge is 0.320 e. The van der Waals surface area contributed by atoms with Gasteiger partial charge in [0.25, 0.3) is 0 Å². The van der Waals surface area contributed by atoms with E-state index in [2.05, 4.69) is 16.7 Å². The van der Waals surface area contributed by atoms with Crippen molar-refractivity contribution in [2.24, 2.45) is 0 Å². The number of ether oxygens (including phenoxy) is 1. The van der Waals surface area contributed by atoms with Crippen molar-refractivity contribution in [3.8, 4) is 11.5 Å². The molecule has 0 saturated heterocycles. The highest BCUT2D eigenvalue weighted by Crippen LogP contribution is 2.39. The van der Waals surface area contributed by atoms with Gasteiger partial charge in [0.1, 0.15) is 11.5 Å². The van der Waals surface area contributed by atoms with Crippen LogP contribution in [0.5, 0.6) is 11.5 Å². The average Bonchev–Trinajstić information content (AvgIpc) is 2.93. The largest absolute Gasteiger partial charge is 0.457 e. The Morgan fingerprint density at radius 3 is 2.25 bits per heavy atom. The Balaban J connectivity index is 1.51. The van der Waals surface area contributed by atoms with Gasteiger partial charge in [0.05, 0.1) is 22.9 Å². The Morgan fingerprint density at radius 2 is 1.42 bits per heavy atom. The SMILES string of the molecule is O=C1NC(c2ccccc2)=C(c2ccc3ccccc3n2)[C@@H](c2cccc(Oc3ccccc3)c2)N1. The fourth-order valence-electron chi connectivity index (χ4n) is 4.52. The molecule has 2 amide bonds. The summed E-state index contributed by atoms with van der Waals surface area (Å²) in [6.07, 6.45) is 0. The van der Waals surface area contributed by atoms with Gasteiger partial charge in [-0.05, 0) is 47.5 Å². The fraction of sp³-hybridized carbons (Fsp3) is 0.0323. The first kappa shape index (κ1) is 21.6. The normalized spacial score (nSPS) is 15.3. The predicted molar refractivity (Wildman–Crippen MR) is 142 cm³/mol. The lowest BCUT2D eigenvalue weighted by Crippen LogP contribution is -2.43. The number of nitrogens with one attached hydrogen (secondary N) is 2. The van der Waals surface area contributed by atoms with Crippen molar-refractivity contribution in [1.29, 1.82) is 0 Å². The number of fused-ring (bicyclic) bond motifs is 1. The highest BCUT2D eigenvalue weighted by atomic mass is 16.5. The molecule has 2 N–H and O–H groups in total. The second-order valence-electron chi connectivity index (χ2n) is 8.56. The molecule has 36 heavy (non-hydrogen) atoms. The van der Waals surface area contributed by atoms with E-state index in [9.17, 15) is 4.79 Å². The second kappa shape index (κ2) is 9.39. The minimum absolute atomic E-state index is 0.266. The predicted octanol–water partition coefficient (Wildman–Crippen LogP) is 6.95. The molecule has 0 unspecified atom stereocenters. The number of benzene rings is 4. The first-order valence-corrected chi connectivity index (χ1v) is 11.8. The lowest BCUT2D eigenvalue weighted by atomic mass is 9.90. The monoisotopic (exact) mass is 469 g/mol. The van der Waals surface area contributed by atoms with E-state index in [0.29, 0.717) is 5.75 Å². The quantitative estimate of drug-likeness (QED) is 0.293. The van der Waals surface area contributed by atoms with Crippen LogP contribution in [-0.2, 0) is 0 Å². The summed E-state index contributed by atoms with van der Waals surface area (Å²) in [6.45, 7) is 0. The van der Waals surface area contributed by atoms with Crippen molar-refractivity contribution in [3.05, 3.63) is 138 Å².